The van der Waals surface area contributed by atoms with Crippen molar-refractivity contribution in [2.45, 2.75) is 50.9 Å². The van der Waals surface area contributed by atoms with E-state index < -0.39 is 29.3 Å². The number of aromatic nitrogens is 1. The van der Waals surface area contributed by atoms with Crippen LogP contribution < -0.4 is 10.1 Å². The van der Waals surface area contributed by atoms with Gasteiger partial charge in [0, 0.05) is 24.2 Å². The quantitative estimate of drug-likeness (QED) is 0.437. The van der Waals surface area contributed by atoms with Gasteiger partial charge in [0.25, 0.3) is 5.91 Å². The van der Waals surface area contributed by atoms with E-state index in [-0.39, 0.29) is 17.5 Å². The van der Waals surface area contributed by atoms with Crippen LogP contribution in [0.3, 0.4) is 0 Å². The zero-order valence-electron chi connectivity index (χ0n) is 20.0. The summed E-state index contributed by atoms with van der Waals surface area (Å²) in [6.07, 6.45) is -3.36. The highest BCUT2D eigenvalue weighted by Gasteiger charge is 2.34. The minimum absolute atomic E-state index is 0.113. The molecule has 0 aliphatic heterocycles. The van der Waals surface area contributed by atoms with Gasteiger partial charge in [0.15, 0.2) is 5.60 Å². The number of nitrogens with one attached hydrogen (secondary N) is 1. The number of hydrogen-bond acceptors (Lipinski definition) is 5. The van der Waals surface area contributed by atoms with Crippen molar-refractivity contribution in [3.63, 3.8) is 0 Å². The zero-order chi connectivity index (χ0) is 26.5. The van der Waals surface area contributed by atoms with Crippen LogP contribution in [0.25, 0.3) is 0 Å². The van der Waals surface area contributed by atoms with Crippen molar-refractivity contribution < 1.29 is 27.8 Å². The lowest BCUT2D eigenvalue weighted by Gasteiger charge is -2.30. The molecule has 2 atom stereocenters. The lowest BCUT2D eigenvalue weighted by atomic mass is 9.85. The van der Waals surface area contributed by atoms with Crippen LogP contribution in [0, 0.1) is 11.3 Å². The van der Waals surface area contributed by atoms with Crippen LogP contribution in [-0.2, 0) is 17.4 Å². The van der Waals surface area contributed by atoms with E-state index in [1.165, 1.54) is 13.8 Å². The molecule has 1 aromatic heterocycles. The van der Waals surface area contributed by atoms with Crippen LogP contribution in [0.2, 0.25) is 0 Å². The topological polar surface area (TPSA) is 95.2 Å². The van der Waals surface area contributed by atoms with Gasteiger partial charge in [-0.05, 0) is 68.7 Å². The maximum Gasteiger partial charge on any atom is 0.417 e. The highest BCUT2D eigenvalue weighted by atomic mass is 19.4. The first-order chi connectivity index (χ1) is 16.9. The molecule has 2 N–H and O–H groups in total. The Morgan fingerprint density at radius 2 is 1.83 bits per heavy atom. The number of carbonyl (C=O) groups excluding carboxylic acids is 1. The molecule has 0 fully saturated rings. The number of amides is 1. The van der Waals surface area contributed by atoms with E-state index in [0.717, 1.165) is 23.3 Å². The number of alkyl halides is 3. The number of benzene rings is 2. The average molecular weight is 498 g/mol. The summed E-state index contributed by atoms with van der Waals surface area (Å²) in [4.78, 5) is 16.8. The Kier molecular flexibility index (Phi) is 7.88. The van der Waals surface area contributed by atoms with E-state index in [1.807, 2.05) is 13.0 Å². The SMILES string of the molecule is CC(NC(=O)C(C)(C)Oc1ccc(C(F)(F)F)cn1)C(Cc1ccc(O)cc1)c1cccc(C#N)c1. The molecule has 3 aromatic rings. The summed E-state index contributed by atoms with van der Waals surface area (Å²) in [6.45, 7) is 4.83. The second-order valence-corrected chi connectivity index (χ2v) is 8.97. The molecule has 3 rings (SSSR count). The van der Waals surface area contributed by atoms with Crippen LogP contribution in [0.5, 0.6) is 11.6 Å². The lowest BCUT2D eigenvalue weighted by molar-refractivity contribution is -0.138. The summed E-state index contributed by atoms with van der Waals surface area (Å²) in [5.74, 6) is -0.687. The number of pyridine rings is 1. The molecule has 9 heteroatoms. The molecular weight excluding hydrogens is 471 g/mol. The Labute approximate surface area is 207 Å². The predicted octanol–water partition coefficient (Wildman–Crippen LogP) is 5.37. The van der Waals surface area contributed by atoms with Gasteiger partial charge < -0.3 is 15.2 Å². The Bertz CT molecular complexity index is 1230. The number of nitriles is 1. The van der Waals surface area contributed by atoms with E-state index >= 15 is 0 Å². The van der Waals surface area contributed by atoms with Crippen LogP contribution in [0.4, 0.5) is 13.2 Å². The number of nitrogens with zero attached hydrogens (tertiary/aromatic N) is 2. The van der Waals surface area contributed by atoms with Gasteiger partial charge >= 0.3 is 6.18 Å². The third-order valence-corrected chi connectivity index (χ3v) is 5.77. The fraction of sp³-hybridized carbons (Fsp3) is 0.296. The summed E-state index contributed by atoms with van der Waals surface area (Å²) in [5, 5.41) is 21.9. The van der Waals surface area contributed by atoms with Gasteiger partial charge in [-0.3, -0.25) is 4.79 Å². The molecule has 0 bridgehead atoms. The van der Waals surface area contributed by atoms with Gasteiger partial charge in [0.05, 0.1) is 17.2 Å². The second-order valence-electron chi connectivity index (χ2n) is 8.97. The normalized spacial score (nSPS) is 13.4. The Morgan fingerprint density at radius 1 is 1.14 bits per heavy atom. The summed E-state index contributed by atoms with van der Waals surface area (Å²) < 4.78 is 44.0. The van der Waals surface area contributed by atoms with E-state index in [4.69, 9.17) is 4.74 Å². The molecule has 0 saturated heterocycles. The largest absolute Gasteiger partial charge is 0.508 e. The number of ether oxygens (including phenoxy) is 1. The maximum absolute atomic E-state index is 13.1. The molecule has 188 valence electrons. The summed E-state index contributed by atoms with van der Waals surface area (Å²) >= 11 is 0. The van der Waals surface area contributed by atoms with E-state index in [1.54, 1.807) is 42.5 Å². The van der Waals surface area contributed by atoms with Gasteiger partial charge in [-0.1, -0.05) is 24.3 Å². The number of rotatable bonds is 8. The van der Waals surface area contributed by atoms with E-state index in [9.17, 15) is 28.3 Å². The van der Waals surface area contributed by atoms with Gasteiger partial charge in [-0.15, -0.1) is 0 Å². The monoisotopic (exact) mass is 497 g/mol. The Balaban J connectivity index is 1.79. The van der Waals surface area contributed by atoms with Gasteiger partial charge in [0.2, 0.25) is 5.88 Å². The number of phenols is 1. The predicted molar refractivity (Wildman–Crippen MR) is 127 cm³/mol. The lowest BCUT2D eigenvalue weighted by Crippen LogP contribution is -2.51. The van der Waals surface area contributed by atoms with Gasteiger partial charge in [-0.2, -0.15) is 18.4 Å². The van der Waals surface area contributed by atoms with Gasteiger partial charge in [0.1, 0.15) is 5.75 Å². The Hall–Kier alpha value is -4.06. The van der Waals surface area contributed by atoms with Crippen molar-refractivity contribution in [1.29, 1.82) is 5.26 Å². The zero-order valence-corrected chi connectivity index (χ0v) is 20.0. The first kappa shape index (κ1) is 26.5. The summed E-state index contributed by atoms with van der Waals surface area (Å²) in [7, 11) is 0. The van der Waals surface area contributed by atoms with Crippen molar-refractivity contribution in [3.05, 3.63) is 89.1 Å². The third-order valence-electron chi connectivity index (χ3n) is 5.77. The highest BCUT2D eigenvalue weighted by molar-refractivity contribution is 5.85. The van der Waals surface area contributed by atoms with Gasteiger partial charge in [-0.25, -0.2) is 4.98 Å². The van der Waals surface area contributed by atoms with Crippen molar-refractivity contribution >= 4 is 5.91 Å². The fourth-order valence-electron chi connectivity index (χ4n) is 3.71. The molecule has 2 unspecified atom stereocenters. The minimum Gasteiger partial charge on any atom is -0.508 e. The number of phenolic OH excluding ortho intramolecular Hbond substituents is 1. The van der Waals surface area contributed by atoms with Crippen LogP contribution in [0.15, 0.2) is 66.9 Å². The number of hydrogen-bond donors (Lipinski definition) is 2. The van der Waals surface area contributed by atoms with Crippen molar-refractivity contribution in [1.82, 2.24) is 10.3 Å². The highest BCUT2D eigenvalue weighted by Crippen LogP contribution is 2.30. The first-order valence-corrected chi connectivity index (χ1v) is 11.2. The van der Waals surface area contributed by atoms with E-state index in [0.29, 0.717) is 18.2 Å². The standard InChI is InChI=1S/C27H26F3N3O3/c1-17(33-25(35)26(2,3)36-24-12-9-21(16-32-24)27(28,29)30)23(14-18-7-10-22(34)11-8-18)20-6-4-5-19(13-20)15-31/h4-13,16-17,23,34H,14H2,1-3H3,(H,33,35). The molecule has 6 nitrogen and oxygen atoms in total. The molecule has 0 aliphatic carbocycles. The minimum atomic E-state index is -4.52. The molecule has 0 aliphatic rings. The van der Waals surface area contributed by atoms with Crippen LogP contribution in [0.1, 0.15) is 48.9 Å². The summed E-state index contributed by atoms with van der Waals surface area (Å²) in [5.41, 5.74) is -0.0940. The maximum atomic E-state index is 13.1. The first-order valence-electron chi connectivity index (χ1n) is 11.2. The molecule has 1 amide bonds. The Morgan fingerprint density at radius 3 is 2.42 bits per heavy atom. The van der Waals surface area contributed by atoms with Crippen molar-refractivity contribution in [2.75, 3.05) is 0 Å². The fourth-order valence-corrected chi connectivity index (χ4v) is 3.71. The number of halogens is 3. The smallest absolute Gasteiger partial charge is 0.417 e. The van der Waals surface area contributed by atoms with Crippen molar-refractivity contribution in [3.8, 4) is 17.7 Å². The molecule has 0 saturated carbocycles. The number of aromatic hydroxyl groups is 1. The second kappa shape index (κ2) is 10.7. The molecule has 0 radical (unpaired) electrons. The van der Waals surface area contributed by atoms with E-state index in [2.05, 4.69) is 16.4 Å². The molecule has 1 heterocycles. The van der Waals surface area contributed by atoms with Crippen molar-refractivity contribution in [2.24, 2.45) is 0 Å². The molecular formula is C27H26F3N3O3. The summed E-state index contributed by atoms with van der Waals surface area (Å²) in [6, 6.07) is 17.5. The molecule has 36 heavy (non-hydrogen) atoms. The average Bonchev–Trinajstić information content (AvgIpc) is 2.83. The molecule has 0 spiro atoms. The van der Waals surface area contributed by atoms with Crippen LogP contribution >= 0.6 is 0 Å². The number of carbonyl (C=O) groups is 1. The molecule has 2 aromatic carbocycles. The van der Waals surface area contributed by atoms with Crippen LogP contribution in [-0.4, -0.2) is 27.6 Å². The third kappa shape index (κ3) is 6.75.